The molecule has 30 heavy (non-hydrogen) atoms. The Kier molecular flexibility index (Phi) is 6.60. The lowest BCUT2D eigenvalue weighted by Gasteiger charge is -2.35. The van der Waals surface area contributed by atoms with Crippen LogP contribution >= 0.6 is 0 Å². The normalized spacial score (nSPS) is 23.4. The molecule has 1 aromatic carbocycles. The molecule has 0 saturated carbocycles. The van der Waals surface area contributed by atoms with E-state index < -0.39 is 41.2 Å². The molecule has 1 fully saturated rings. The molecule has 1 N–H and O–H groups in total. The van der Waals surface area contributed by atoms with Gasteiger partial charge in [-0.05, 0) is 52.0 Å². The number of carbonyl (C=O) groups excluding carboxylic acids is 2. The van der Waals surface area contributed by atoms with Gasteiger partial charge in [0.2, 0.25) is 0 Å². The molecule has 1 amide bonds. The van der Waals surface area contributed by atoms with Crippen LogP contribution in [0.15, 0.2) is 24.3 Å². The second kappa shape index (κ2) is 8.61. The van der Waals surface area contributed by atoms with Gasteiger partial charge in [0.15, 0.2) is 0 Å². The number of amides is 1. The highest BCUT2D eigenvalue weighted by Crippen LogP contribution is 2.40. The summed E-state index contributed by atoms with van der Waals surface area (Å²) in [6.45, 7) is 6.30. The van der Waals surface area contributed by atoms with Gasteiger partial charge in [0.25, 0.3) is 0 Å². The highest BCUT2D eigenvalue weighted by Gasteiger charge is 2.60. The molecule has 0 unspecified atom stereocenters. The van der Waals surface area contributed by atoms with Crippen molar-refractivity contribution in [3.05, 3.63) is 29.8 Å². The molecule has 0 aliphatic carbocycles. The van der Waals surface area contributed by atoms with Gasteiger partial charge in [0.1, 0.15) is 23.0 Å². The molecule has 9 heteroatoms. The first-order valence-electron chi connectivity index (χ1n) is 9.40. The first kappa shape index (κ1) is 23.0. The van der Waals surface area contributed by atoms with Gasteiger partial charge in [-0.3, -0.25) is 9.69 Å². The molecular weight excluding hydrogens is 392 g/mol. The van der Waals surface area contributed by atoms with E-state index in [1.165, 1.54) is 14.0 Å². The predicted molar refractivity (Wildman–Crippen MR) is 105 cm³/mol. The van der Waals surface area contributed by atoms with Crippen molar-refractivity contribution in [3.63, 3.8) is 0 Å². The highest BCUT2D eigenvalue weighted by atomic mass is 16.6. The van der Waals surface area contributed by atoms with Crippen molar-refractivity contribution in [1.29, 1.82) is 5.26 Å². The molecule has 0 radical (unpaired) electrons. The van der Waals surface area contributed by atoms with Gasteiger partial charge < -0.3 is 19.3 Å². The van der Waals surface area contributed by atoms with Crippen LogP contribution in [0.2, 0.25) is 0 Å². The molecule has 0 bridgehead atoms. The number of nitrogens with zero attached hydrogens (tertiary/aromatic N) is 2. The lowest BCUT2D eigenvalue weighted by atomic mass is 9.82. The summed E-state index contributed by atoms with van der Waals surface area (Å²) in [6, 6.07) is 8.26. The molecule has 1 aliphatic heterocycles. The summed E-state index contributed by atoms with van der Waals surface area (Å²) < 4.78 is 16.1. The zero-order valence-electron chi connectivity index (χ0n) is 17.7. The number of hydrogen-bond acceptors (Lipinski definition) is 7. The minimum atomic E-state index is -1.76. The summed E-state index contributed by atoms with van der Waals surface area (Å²) in [7, 11) is 1.21. The van der Waals surface area contributed by atoms with E-state index in [2.05, 4.69) is 0 Å². The topological polar surface area (TPSA) is 126 Å². The maximum absolute atomic E-state index is 12.8. The van der Waals surface area contributed by atoms with E-state index in [-0.39, 0.29) is 13.0 Å². The fraction of sp³-hybridized carbons (Fsp3) is 0.524. The minimum Gasteiger partial charge on any atom is -0.488 e. The number of esters is 1. The fourth-order valence-electron chi connectivity index (χ4n) is 3.41. The number of hydrogen-bond donors (Lipinski definition) is 1. The smallest absolute Gasteiger partial charge is 0.411 e. The second-order valence-corrected chi connectivity index (χ2v) is 8.22. The van der Waals surface area contributed by atoms with E-state index in [1.807, 2.05) is 6.07 Å². The molecule has 0 aromatic heterocycles. The largest absolute Gasteiger partial charge is 0.488 e. The van der Waals surface area contributed by atoms with Crippen molar-refractivity contribution in [2.75, 3.05) is 13.7 Å². The van der Waals surface area contributed by atoms with Crippen LogP contribution in [0.4, 0.5) is 4.79 Å². The number of benzene rings is 1. The van der Waals surface area contributed by atoms with E-state index in [9.17, 15) is 19.5 Å². The number of carbonyl (C=O) groups is 3. The van der Waals surface area contributed by atoms with Gasteiger partial charge in [-0.1, -0.05) is 0 Å². The number of ether oxygens (including phenoxy) is 3. The Balaban J connectivity index is 2.42. The number of rotatable bonds is 5. The third-order valence-corrected chi connectivity index (χ3v) is 5.03. The van der Waals surface area contributed by atoms with Crippen LogP contribution < -0.4 is 4.74 Å². The summed E-state index contributed by atoms with van der Waals surface area (Å²) in [6.07, 6.45) is -1.89. The van der Waals surface area contributed by atoms with Gasteiger partial charge in [0, 0.05) is 5.92 Å². The lowest BCUT2D eigenvalue weighted by molar-refractivity contribution is -0.153. The average Bonchev–Trinajstić information content (AvgIpc) is 2.94. The quantitative estimate of drug-likeness (QED) is 0.723. The number of aliphatic carboxylic acids is 1. The zero-order valence-corrected chi connectivity index (χ0v) is 17.7. The summed E-state index contributed by atoms with van der Waals surface area (Å²) in [4.78, 5) is 38.2. The fourth-order valence-corrected chi connectivity index (χ4v) is 3.41. The SMILES string of the molecule is COC(=O)C[C@H]1[C@H](Oc2ccc(C#N)cc2)CN(C(=O)OC(C)(C)C)[C@]1(C)C(=O)O. The van der Waals surface area contributed by atoms with Gasteiger partial charge in [0.05, 0.1) is 31.7 Å². The Labute approximate surface area is 175 Å². The molecule has 9 nitrogen and oxygen atoms in total. The standard InChI is InChI=1S/C21H26N2O7/c1-20(2,3)30-19(27)23-12-16(29-14-8-6-13(11-22)7-9-14)15(10-17(24)28-5)21(23,4)18(25)26/h6-9,15-16H,10,12H2,1-5H3,(H,25,26)/t15-,16+,21-/m0/s1. The molecule has 2 rings (SSSR count). The monoisotopic (exact) mass is 418 g/mol. The van der Waals surface area contributed by atoms with Crippen molar-refractivity contribution in [2.45, 2.75) is 51.4 Å². The number of nitriles is 1. The minimum absolute atomic E-state index is 0.0978. The van der Waals surface area contributed by atoms with Crippen LogP contribution in [0, 0.1) is 17.2 Å². The number of carboxylic acids is 1. The third-order valence-electron chi connectivity index (χ3n) is 5.03. The van der Waals surface area contributed by atoms with Gasteiger partial charge >= 0.3 is 18.0 Å². The summed E-state index contributed by atoms with van der Waals surface area (Å²) >= 11 is 0. The van der Waals surface area contributed by atoms with Crippen LogP contribution in [-0.4, -0.2) is 58.9 Å². The Bertz CT molecular complexity index is 854. The van der Waals surface area contributed by atoms with Gasteiger partial charge in [-0.25, -0.2) is 9.59 Å². The number of likely N-dealkylation sites (tertiary alicyclic amines) is 1. The van der Waals surface area contributed by atoms with Crippen molar-refractivity contribution >= 4 is 18.0 Å². The summed E-state index contributed by atoms with van der Waals surface area (Å²) in [5, 5.41) is 18.9. The zero-order chi connectivity index (χ0) is 22.7. The average molecular weight is 418 g/mol. The van der Waals surface area contributed by atoms with Crippen LogP contribution in [-0.2, 0) is 19.1 Å². The second-order valence-electron chi connectivity index (χ2n) is 8.22. The Morgan fingerprint density at radius 3 is 2.33 bits per heavy atom. The van der Waals surface area contributed by atoms with Crippen LogP contribution in [0.1, 0.15) is 39.7 Å². The molecule has 1 heterocycles. The van der Waals surface area contributed by atoms with Crippen molar-refractivity contribution in [2.24, 2.45) is 5.92 Å². The Morgan fingerprint density at radius 1 is 1.27 bits per heavy atom. The molecule has 0 spiro atoms. The maximum Gasteiger partial charge on any atom is 0.411 e. The van der Waals surface area contributed by atoms with E-state index in [1.54, 1.807) is 45.0 Å². The molecular formula is C21H26N2O7. The molecule has 1 aromatic rings. The third kappa shape index (κ3) is 4.82. The van der Waals surface area contributed by atoms with Gasteiger partial charge in [-0.2, -0.15) is 5.26 Å². The van der Waals surface area contributed by atoms with E-state index in [0.717, 1.165) is 4.90 Å². The van der Waals surface area contributed by atoms with Crippen LogP contribution in [0.5, 0.6) is 5.75 Å². The molecule has 1 saturated heterocycles. The predicted octanol–water partition coefficient (Wildman–Crippen LogP) is 2.58. The Morgan fingerprint density at radius 2 is 1.87 bits per heavy atom. The maximum atomic E-state index is 12.8. The van der Waals surface area contributed by atoms with Crippen molar-refractivity contribution < 1.29 is 33.7 Å². The molecule has 3 atom stereocenters. The lowest BCUT2D eigenvalue weighted by Crippen LogP contribution is -2.55. The first-order valence-corrected chi connectivity index (χ1v) is 9.40. The van der Waals surface area contributed by atoms with E-state index in [4.69, 9.17) is 19.5 Å². The molecule has 162 valence electrons. The Hall–Kier alpha value is -3.28. The summed E-state index contributed by atoms with van der Waals surface area (Å²) in [5.41, 5.74) is -2.15. The number of methoxy groups -OCH3 is 1. The summed E-state index contributed by atoms with van der Waals surface area (Å²) in [5.74, 6) is -2.42. The van der Waals surface area contributed by atoms with Crippen molar-refractivity contribution in [3.8, 4) is 11.8 Å². The van der Waals surface area contributed by atoms with E-state index >= 15 is 0 Å². The van der Waals surface area contributed by atoms with Crippen LogP contribution in [0.3, 0.4) is 0 Å². The molecule has 1 aliphatic rings. The van der Waals surface area contributed by atoms with Gasteiger partial charge in [-0.15, -0.1) is 0 Å². The van der Waals surface area contributed by atoms with Crippen LogP contribution in [0.25, 0.3) is 0 Å². The van der Waals surface area contributed by atoms with E-state index in [0.29, 0.717) is 11.3 Å². The van der Waals surface area contributed by atoms with Crippen molar-refractivity contribution in [1.82, 2.24) is 4.90 Å². The first-order chi connectivity index (χ1) is 13.9. The highest BCUT2D eigenvalue weighted by molar-refractivity contribution is 5.86. The number of carboxylic acid groups (broad SMARTS) is 1.